The second kappa shape index (κ2) is 7.02. The zero-order valence-electron chi connectivity index (χ0n) is 13.2. The van der Waals surface area contributed by atoms with Gasteiger partial charge in [-0.25, -0.2) is 4.68 Å². The van der Waals surface area contributed by atoms with E-state index in [2.05, 4.69) is 10.4 Å². The third kappa shape index (κ3) is 3.42. The normalized spacial score (nSPS) is 10.5. The Balaban J connectivity index is 2.30. The molecule has 1 aromatic carbocycles. The Morgan fingerprint density at radius 3 is 2.68 bits per heavy atom. The van der Waals surface area contributed by atoms with E-state index in [0.29, 0.717) is 6.54 Å². The van der Waals surface area contributed by atoms with Crippen molar-refractivity contribution >= 4 is 11.6 Å². The summed E-state index contributed by atoms with van der Waals surface area (Å²) >= 11 is 0. The molecule has 0 aliphatic heterocycles. The predicted molar refractivity (Wildman–Crippen MR) is 87.3 cm³/mol. The Morgan fingerprint density at radius 1 is 1.23 bits per heavy atom. The van der Waals surface area contributed by atoms with E-state index in [9.17, 15) is 9.59 Å². The number of nitrogens with zero attached hydrogens (tertiary/aromatic N) is 2. The van der Waals surface area contributed by atoms with Crippen LogP contribution in [0.4, 0.5) is 5.69 Å². The molecular formula is C17H21N3O2. The van der Waals surface area contributed by atoms with Gasteiger partial charge < -0.3 is 5.32 Å². The largest absolute Gasteiger partial charge is 0.320 e. The smallest absolute Gasteiger partial charge is 0.276 e. The fourth-order valence-electron chi connectivity index (χ4n) is 2.32. The molecule has 0 aliphatic carbocycles. The van der Waals surface area contributed by atoms with Crippen LogP contribution < -0.4 is 10.9 Å². The summed E-state index contributed by atoms with van der Waals surface area (Å²) in [6.07, 6.45) is 1.62. The quantitative estimate of drug-likeness (QED) is 0.923. The molecule has 116 valence electrons. The molecule has 0 atom stereocenters. The average molecular weight is 299 g/mol. The van der Waals surface area contributed by atoms with Crippen LogP contribution in [0.15, 0.2) is 35.1 Å². The molecular weight excluding hydrogens is 278 g/mol. The van der Waals surface area contributed by atoms with Crippen LogP contribution in [0.1, 0.15) is 41.9 Å². The molecule has 0 unspecified atom stereocenters. The molecule has 2 aromatic rings. The number of rotatable bonds is 5. The molecule has 1 heterocycles. The summed E-state index contributed by atoms with van der Waals surface area (Å²) in [4.78, 5) is 24.1. The number of carbonyl (C=O) groups is 1. The van der Waals surface area contributed by atoms with Gasteiger partial charge >= 0.3 is 0 Å². The highest BCUT2D eigenvalue weighted by Crippen LogP contribution is 2.21. The van der Waals surface area contributed by atoms with Crippen LogP contribution in [-0.2, 0) is 13.0 Å². The molecule has 0 spiro atoms. The first-order valence-corrected chi connectivity index (χ1v) is 7.54. The minimum Gasteiger partial charge on any atom is -0.320 e. The third-order valence-corrected chi connectivity index (χ3v) is 3.51. The number of para-hydroxylation sites is 1. The van der Waals surface area contributed by atoms with Crippen molar-refractivity contribution in [3.63, 3.8) is 0 Å². The maximum Gasteiger partial charge on any atom is 0.276 e. The Bertz CT molecular complexity index is 735. The fraction of sp³-hybridized carbons (Fsp3) is 0.353. The SMILES string of the molecule is CCCn1nc(C(=O)Nc2c(C)cccc2CC)ccc1=O. The first-order valence-electron chi connectivity index (χ1n) is 7.54. The van der Waals surface area contributed by atoms with E-state index >= 15 is 0 Å². The lowest BCUT2D eigenvalue weighted by Gasteiger charge is -2.13. The van der Waals surface area contributed by atoms with Gasteiger partial charge in [0, 0.05) is 18.3 Å². The lowest BCUT2D eigenvalue weighted by molar-refractivity contribution is 0.101. The zero-order chi connectivity index (χ0) is 16.1. The van der Waals surface area contributed by atoms with Gasteiger partial charge in [-0.15, -0.1) is 0 Å². The Hall–Kier alpha value is -2.43. The van der Waals surface area contributed by atoms with E-state index in [1.165, 1.54) is 16.8 Å². The Labute approximate surface area is 130 Å². The van der Waals surface area contributed by atoms with Gasteiger partial charge in [-0.3, -0.25) is 9.59 Å². The number of benzene rings is 1. The number of aromatic nitrogens is 2. The van der Waals surface area contributed by atoms with Crippen molar-refractivity contribution in [3.05, 3.63) is 57.5 Å². The number of aryl methyl sites for hydroxylation is 3. The van der Waals surface area contributed by atoms with Crippen molar-refractivity contribution in [2.45, 2.75) is 40.2 Å². The predicted octanol–water partition coefficient (Wildman–Crippen LogP) is 2.78. The third-order valence-electron chi connectivity index (χ3n) is 3.51. The lowest BCUT2D eigenvalue weighted by atomic mass is 10.1. The molecule has 5 heteroatoms. The number of hydrogen-bond acceptors (Lipinski definition) is 3. The molecule has 5 nitrogen and oxygen atoms in total. The van der Waals surface area contributed by atoms with Gasteiger partial charge in [0.2, 0.25) is 0 Å². The second-order valence-electron chi connectivity index (χ2n) is 5.20. The topological polar surface area (TPSA) is 64.0 Å². The highest BCUT2D eigenvalue weighted by atomic mass is 16.2. The molecule has 0 bridgehead atoms. The van der Waals surface area contributed by atoms with E-state index < -0.39 is 0 Å². The number of amides is 1. The van der Waals surface area contributed by atoms with Crippen molar-refractivity contribution in [1.29, 1.82) is 0 Å². The van der Waals surface area contributed by atoms with Gasteiger partial charge in [0.25, 0.3) is 11.5 Å². The minimum absolute atomic E-state index is 0.191. The fourth-order valence-corrected chi connectivity index (χ4v) is 2.32. The van der Waals surface area contributed by atoms with Crippen LogP contribution in [-0.4, -0.2) is 15.7 Å². The van der Waals surface area contributed by atoms with E-state index in [1.807, 2.05) is 39.0 Å². The molecule has 0 saturated carbocycles. The monoisotopic (exact) mass is 299 g/mol. The lowest BCUT2D eigenvalue weighted by Crippen LogP contribution is -2.26. The van der Waals surface area contributed by atoms with Crippen LogP contribution >= 0.6 is 0 Å². The first kappa shape index (κ1) is 15.9. The van der Waals surface area contributed by atoms with Crippen molar-refractivity contribution in [2.75, 3.05) is 5.32 Å². The Kier molecular flexibility index (Phi) is 5.09. The summed E-state index contributed by atoms with van der Waals surface area (Å²) in [6.45, 7) is 6.47. The maximum absolute atomic E-state index is 12.4. The molecule has 1 N–H and O–H groups in total. The highest BCUT2D eigenvalue weighted by molar-refractivity contribution is 6.03. The van der Waals surface area contributed by atoms with Crippen LogP contribution in [0.25, 0.3) is 0 Å². The molecule has 0 fully saturated rings. The van der Waals surface area contributed by atoms with Gasteiger partial charge in [0.15, 0.2) is 0 Å². The summed E-state index contributed by atoms with van der Waals surface area (Å²) in [6, 6.07) is 8.78. The van der Waals surface area contributed by atoms with Gasteiger partial charge in [-0.1, -0.05) is 32.0 Å². The summed E-state index contributed by atoms with van der Waals surface area (Å²) < 4.78 is 1.33. The summed E-state index contributed by atoms with van der Waals surface area (Å²) in [5, 5.41) is 7.05. The van der Waals surface area contributed by atoms with Crippen molar-refractivity contribution in [2.24, 2.45) is 0 Å². The number of hydrogen-bond donors (Lipinski definition) is 1. The summed E-state index contributed by atoms with van der Waals surface area (Å²) in [5.74, 6) is -0.297. The molecule has 0 radical (unpaired) electrons. The molecule has 22 heavy (non-hydrogen) atoms. The van der Waals surface area contributed by atoms with Crippen molar-refractivity contribution < 1.29 is 4.79 Å². The molecule has 0 saturated heterocycles. The molecule has 0 aliphatic rings. The van der Waals surface area contributed by atoms with E-state index in [-0.39, 0.29) is 17.2 Å². The maximum atomic E-state index is 12.4. The van der Waals surface area contributed by atoms with Gasteiger partial charge in [-0.05, 0) is 37.0 Å². The van der Waals surface area contributed by atoms with Gasteiger partial charge in [-0.2, -0.15) is 5.10 Å². The van der Waals surface area contributed by atoms with Gasteiger partial charge in [0.05, 0.1) is 0 Å². The van der Waals surface area contributed by atoms with E-state index in [4.69, 9.17) is 0 Å². The first-order chi connectivity index (χ1) is 10.6. The second-order valence-corrected chi connectivity index (χ2v) is 5.20. The summed E-state index contributed by atoms with van der Waals surface area (Å²) in [5.41, 5.74) is 2.97. The van der Waals surface area contributed by atoms with Gasteiger partial charge in [0.1, 0.15) is 5.69 Å². The van der Waals surface area contributed by atoms with Crippen LogP contribution in [0.5, 0.6) is 0 Å². The van der Waals surface area contributed by atoms with Crippen LogP contribution in [0, 0.1) is 6.92 Å². The zero-order valence-corrected chi connectivity index (χ0v) is 13.2. The van der Waals surface area contributed by atoms with E-state index in [1.54, 1.807) is 0 Å². The molecule has 2 rings (SSSR count). The van der Waals surface area contributed by atoms with Crippen LogP contribution in [0.3, 0.4) is 0 Å². The van der Waals surface area contributed by atoms with Crippen LogP contribution in [0.2, 0.25) is 0 Å². The summed E-state index contributed by atoms with van der Waals surface area (Å²) in [7, 11) is 0. The molecule has 1 amide bonds. The number of anilines is 1. The Morgan fingerprint density at radius 2 is 2.00 bits per heavy atom. The van der Waals surface area contributed by atoms with E-state index in [0.717, 1.165) is 29.7 Å². The highest BCUT2D eigenvalue weighted by Gasteiger charge is 2.13. The molecule has 1 aromatic heterocycles. The number of carbonyl (C=O) groups excluding carboxylic acids is 1. The standard InChI is InChI=1S/C17H21N3O2/c1-4-11-20-15(21)10-9-14(19-20)17(22)18-16-12(3)7-6-8-13(16)5-2/h6-10H,4-5,11H2,1-3H3,(H,18,22). The number of nitrogens with one attached hydrogen (secondary N) is 1. The van der Waals surface area contributed by atoms with Crippen molar-refractivity contribution in [3.8, 4) is 0 Å². The average Bonchev–Trinajstić information content (AvgIpc) is 2.51. The van der Waals surface area contributed by atoms with Crippen molar-refractivity contribution in [1.82, 2.24) is 9.78 Å². The minimum atomic E-state index is -0.297.